The van der Waals surface area contributed by atoms with E-state index < -0.39 is 35.7 Å². The van der Waals surface area contributed by atoms with Gasteiger partial charge in [-0.3, -0.25) is 19.4 Å². The normalized spacial score (nSPS) is 17.1. The quantitative estimate of drug-likeness (QED) is 0.547. The molecule has 12 nitrogen and oxygen atoms in total. The lowest BCUT2D eigenvalue weighted by Gasteiger charge is -2.33. The molecule has 1 fully saturated rings. The predicted molar refractivity (Wildman–Crippen MR) is 127 cm³/mol. The molecule has 2 aliphatic heterocycles. The summed E-state index contributed by atoms with van der Waals surface area (Å²) in [7, 11) is 2.35. The molecule has 0 spiro atoms. The molecule has 2 aromatic rings. The first kappa shape index (κ1) is 24.8. The zero-order valence-corrected chi connectivity index (χ0v) is 20.0. The molecule has 1 aromatic heterocycles. The van der Waals surface area contributed by atoms with E-state index in [1.54, 1.807) is 0 Å². The van der Waals surface area contributed by atoms with Crippen LogP contribution in [0.15, 0.2) is 28.0 Å². The third-order valence-electron chi connectivity index (χ3n) is 6.13. The third kappa shape index (κ3) is 4.88. The van der Waals surface area contributed by atoms with Gasteiger partial charge in [-0.2, -0.15) is 9.98 Å². The van der Waals surface area contributed by atoms with Crippen molar-refractivity contribution in [3.05, 3.63) is 50.4 Å². The number of amides is 2. The Morgan fingerprint density at radius 2 is 1.72 bits per heavy atom. The number of aromatic nitrogens is 2. The zero-order chi connectivity index (χ0) is 26.0. The highest BCUT2D eigenvalue weighted by Gasteiger charge is 2.26. The SMILES string of the molecule is COC(=O)c1cc(NC(=O)C2=c3c(nc(N4CCCCC4C)[nH]c3=O)=NC(=O)C2)cc(C(=O)OC)c1. The van der Waals surface area contributed by atoms with Crippen LogP contribution in [0.5, 0.6) is 0 Å². The van der Waals surface area contributed by atoms with Gasteiger partial charge in [-0.1, -0.05) is 0 Å². The number of hydrogen-bond acceptors (Lipinski definition) is 9. The van der Waals surface area contributed by atoms with Crippen LogP contribution in [0, 0.1) is 0 Å². The molecule has 3 heterocycles. The minimum atomic E-state index is -0.774. The highest BCUT2D eigenvalue weighted by molar-refractivity contribution is 6.23. The molecule has 1 aromatic carbocycles. The first-order valence-electron chi connectivity index (χ1n) is 11.4. The second kappa shape index (κ2) is 10.1. The summed E-state index contributed by atoms with van der Waals surface area (Å²) in [5.41, 5.74) is -0.777. The summed E-state index contributed by atoms with van der Waals surface area (Å²) in [6.45, 7) is 2.73. The largest absolute Gasteiger partial charge is 0.465 e. The Morgan fingerprint density at radius 1 is 1.06 bits per heavy atom. The number of methoxy groups -OCH3 is 2. The van der Waals surface area contributed by atoms with Crippen molar-refractivity contribution < 1.29 is 28.7 Å². The van der Waals surface area contributed by atoms with Crippen molar-refractivity contribution in [1.29, 1.82) is 0 Å². The number of H-pyrrole nitrogens is 1. The van der Waals surface area contributed by atoms with Crippen molar-refractivity contribution in [2.45, 2.75) is 38.6 Å². The fourth-order valence-corrected chi connectivity index (χ4v) is 4.32. The van der Waals surface area contributed by atoms with Crippen molar-refractivity contribution >= 4 is 41.0 Å². The Balaban J connectivity index is 1.76. The minimum Gasteiger partial charge on any atom is -0.465 e. The van der Waals surface area contributed by atoms with Gasteiger partial charge in [0.05, 0.1) is 37.0 Å². The number of benzene rings is 1. The van der Waals surface area contributed by atoms with Gasteiger partial charge in [-0.25, -0.2) is 9.59 Å². The number of carbonyl (C=O) groups excluding carboxylic acids is 4. The van der Waals surface area contributed by atoms with Crippen LogP contribution in [0.1, 0.15) is 53.3 Å². The number of ether oxygens (including phenoxy) is 2. The van der Waals surface area contributed by atoms with E-state index in [4.69, 9.17) is 9.47 Å². The summed E-state index contributed by atoms with van der Waals surface area (Å²) >= 11 is 0. The van der Waals surface area contributed by atoms with Crippen LogP contribution in [-0.2, 0) is 19.1 Å². The Morgan fingerprint density at radius 3 is 2.33 bits per heavy atom. The molecule has 1 unspecified atom stereocenters. The molecule has 1 saturated heterocycles. The summed E-state index contributed by atoms with van der Waals surface area (Å²) in [6.07, 6.45) is 2.54. The molecule has 188 valence electrons. The fraction of sp³-hybridized carbons (Fsp3) is 0.375. The van der Waals surface area contributed by atoms with Crippen LogP contribution in [0.4, 0.5) is 11.6 Å². The Labute approximate surface area is 205 Å². The maximum atomic E-state index is 13.2. The van der Waals surface area contributed by atoms with Gasteiger partial charge in [0.25, 0.3) is 17.4 Å². The maximum Gasteiger partial charge on any atom is 0.337 e. The van der Waals surface area contributed by atoms with Gasteiger partial charge >= 0.3 is 11.9 Å². The lowest BCUT2D eigenvalue weighted by Crippen LogP contribution is -2.51. The van der Waals surface area contributed by atoms with Crippen molar-refractivity contribution in [2.75, 3.05) is 31.0 Å². The number of hydrogen-bond donors (Lipinski definition) is 2. The molecule has 2 N–H and O–H groups in total. The van der Waals surface area contributed by atoms with E-state index in [9.17, 15) is 24.0 Å². The summed E-state index contributed by atoms with van der Waals surface area (Å²) in [5.74, 6) is -2.56. The van der Waals surface area contributed by atoms with Gasteiger partial charge in [0.2, 0.25) is 5.95 Å². The van der Waals surface area contributed by atoms with Crippen LogP contribution >= 0.6 is 0 Å². The number of piperidine rings is 1. The molecular weight excluding hydrogens is 470 g/mol. The maximum absolute atomic E-state index is 13.2. The fourth-order valence-electron chi connectivity index (χ4n) is 4.32. The monoisotopic (exact) mass is 495 g/mol. The van der Waals surface area contributed by atoms with E-state index >= 15 is 0 Å². The van der Waals surface area contributed by atoms with Gasteiger partial charge in [0, 0.05) is 23.8 Å². The van der Waals surface area contributed by atoms with Crippen molar-refractivity contribution in [1.82, 2.24) is 9.97 Å². The number of anilines is 2. The first-order chi connectivity index (χ1) is 17.2. The molecule has 0 saturated carbocycles. The molecule has 0 aliphatic carbocycles. The topological polar surface area (TPSA) is 160 Å². The van der Waals surface area contributed by atoms with Crippen molar-refractivity contribution in [3.63, 3.8) is 0 Å². The predicted octanol–water partition coefficient (Wildman–Crippen LogP) is 0.0612. The number of aromatic amines is 1. The number of esters is 2. The van der Waals surface area contributed by atoms with E-state index in [1.807, 2.05) is 11.8 Å². The van der Waals surface area contributed by atoms with E-state index in [2.05, 4.69) is 20.3 Å². The molecule has 0 bridgehead atoms. The molecule has 1 atom stereocenters. The number of carbonyl (C=O) groups is 4. The highest BCUT2D eigenvalue weighted by Crippen LogP contribution is 2.21. The van der Waals surface area contributed by atoms with E-state index in [0.717, 1.165) is 19.3 Å². The Hall–Kier alpha value is -4.35. The average Bonchev–Trinajstić information content (AvgIpc) is 2.86. The third-order valence-corrected chi connectivity index (χ3v) is 6.13. The van der Waals surface area contributed by atoms with Crippen molar-refractivity contribution in [2.24, 2.45) is 4.99 Å². The molecule has 0 radical (unpaired) electrons. The average molecular weight is 495 g/mol. The molecule has 2 amide bonds. The summed E-state index contributed by atoms with van der Waals surface area (Å²) in [6, 6.07) is 4.01. The van der Waals surface area contributed by atoms with Gasteiger partial charge < -0.3 is 19.7 Å². The molecule has 12 heteroatoms. The molecule has 36 heavy (non-hydrogen) atoms. The second-order valence-corrected chi connectivity index (χ2v) is 8.52. The Kier molecular flexibility index (Phi) is 6.95. The van der Waals surface area contributed by atoms with Crippen LogP contribution in [0.3, 0.4) is 0 Å². The van der Waals surface area contributed by atoms with Crippen LogP contribution < -0.4 is 26.5 Å². The van der Waals surface area contributed by atoms with Crippen LogP contribution in [0.25, 0.3) is 5.57 Å². The molecule has 4 rings (SSSR count). The van der Waals surface area contributed by atoms with Gasteiger partial charge in [-0.15, -0.1) is 0 Å². The van der Waals surface area contributed by atoms with Gasteiger partial charge in [-0.05, 0) is 44.4 Å². The van der Waals surface area contributed by atoms with Gasteiger partial charge in [0.15, 0.2) is 5.49 Å². The van der Waals surface area contributed by atoms with Gasteiger partial charge in [0.1, 0.15) is 0 Å². The van der Waals surface area contributed by atoms with Crippen LogP contribution in [0.2, 0.25) is 0 Å². The Bertz CT molecular complexity index is 1410. The lowest BCUT2D eigenvalue weighted by atomic mass is 10.0. The second-order valence-electron chi connectivity index (χ2n) is 8.52. The smallest absolute Gasteiger partial charge is 0.337 e. The molecular formula is C24H25N5O7. The standard InChI is InChI=1S/C24H25N5O7/c1-12-6-4-5-7-29(12)24-27-19-18(21(32)28-24)16(11-17(30)26-19)20(31)25-15-9-13(22(33)35-2)8-14(10-15)23(34)36-3/h8-10,12H,4-7,11H2,1-3H3,(H,25,31)(H,26,27,28,30,32). The number of fused-ring (bicyclic) bond motifs is 1. The summed E-state index contributed by atoms with van der Waals surface area (Å²) in [4.78, 5) is 75.7. The molecule has 2 aliphatic rings. The lowest BCUT2D eigenvalue weighted by molar-refractivity contribution is -0.118. The summed E-state index contributed by atoms with van der Waals surface area (Å²) < 4.78 is 9.40. The first-order valence-corrected chi connectivity index (χ1v) is 11.4. The zero-order valence-electron chi connectivity index (χ0n) is 20.0. The minimum absolute atomic E-state index is 0.00405. The number of rotatable bonds is 5. The van der Waals surface area contributed by atoms with Crippen molar-refractivity contribution in [3.8, 4) is 0 Å². The van der Waals surface area contributed by atoms with E-state index in [1.165, 1.54) is 32.4 Å². The highest BCUT2D eigenvalue weighted by atomic mass is 16.5. The number of nitrogens with one attached hydrogen (secondary N) is 2. The van der Waals surface area contributed by atoms with E-state index in [0.29, 0.717) is 12.5 Å². The van der Waals surface area contributed by atoms with Crippen LogP contribution in [-0.4, -0.2) is 60.5 Å². The van der Waals surface area contributed by atoms with E-state index in [-0.39, 0.29) is 39.1 Å². The summed E-state index contributed by atoms with van der Waals surface area (Å²) in [5, 5.41) is 2.45. The number of nitrogens with zero attached hydrogens (tertiary/aromatic N) is 3.